The van der Waals surface area contributed by atoms with Crippen LogP contribution in [0.25, 0.3) is 0 Å². The summed E-state index contributed by atoms with van der Waals surface area (Å²) in [4.78, 5) is 42.1. The molecule has 6 heterocycles. The van der Waals surface area contributed by atoms with Gasteiger partial charge in [-0.05, 0) is 143 Å². The van der Waals surface area contributed by atoms with Gasteiger partial charge in [0, 0.05) is 135 Å². The topological polar surface area (TPSA) is 222 Å². The SMILES string of the molecule is [2H]C([2H])([2H])Oc1cc2c(cc1OC)C1CC([2H])(OC(=O)[C@@H](N)C(C)C)C(C([2H])([2H])C([2H])(C)C([2H])([2H])[2H])CN1C([2H])([2H])C2([2H])[2H].[2H]C([2H])([2H])Oc1cc2c(cc1OC)C1CC([2H])(OC(=O)[C@@H](N)C(C)C)C(C([2H])([2H])C([2H])(C)C([2H])([2H])[2H])CN1C([2H])([2H])C2([2H])[2H].[2H]C1(OC(=O)[C@@H](N)C(C)C)CC2c3cc(OC)c(OC)cc3C([2H])([2H])C([2H])([2H])N2CC1C([2H])([2H])C([2H])(C)C([2H])([2H])[2H]. The number of piperidine rings is 3. The summed E-state index contributed by atoms with van der Waals surface area (Å²) >= 11 is 0. The molecule has 0 aromatic heterocycles. The van der Waals surface area contributed by atoms with Gasteiger partial charge in [0.2, 0.25) is 0 Å². The van der Waals surface area contributed by atoms with E-state index in [1.165, 1.54) is 52.7 Å². The summed E-state index contributed by atoms with van der Waals surface area (Å²) in [6, 6.07) is -0.290. The lowest BCUT2D eigenvalue weighted by atomic mass is 9.79. The van der Waals surface area contributed by atoms with Crippen molar-refractivity contribution in [1.82, 2.24) is 14.7 Å². The first kappa shape index (κ1) is 35.2. The van der Waals surface area contributed by atoms with Crippen LogP contribution in [0, 0.1) is 53.2 Å². The molecular weight excluding hydrogens is 1140 g/mol. The Labute approximate surface area is 594 Å². The van der Waals surface area contributed by atoms with E-state index in [2.05, 4.69) is 0 Å². The number of carbonyl (C=O) groups is 3. The molecule has 18 nitrogen and oxygen atoms in total. The summed E-state index contributed by atoms with van der Waals surface area (Å²) in [5.41, 5.74) is 17.4. The van der Waals surface area contributed by atoms with Crippen LogP contribution in [0.5, 0.6) is 34.5 Å². The Morgan fingerprint density at radius 2 is 0.733 bits per heavy atom. The molecule has 0 amide bonds. The maximum atomic E-state index is 13.1. The highest BCUT2D eigenvalue weighted by molar-refractivity contribution is 5.77. The molecule has 0 spiro atoms. The van der Waals surface area contributed by atoms with Gasteiger partial charge in [0.1, 0.15) is 36.4 Å². The molecule has 3 aromatic carbocycles. The number of fused-ring (bicyclic) bond motifs is 9. The van der Waals surface area contributed by atoms with Crippen molar-refractivity contribution in [2.24, 2.45) is 70.4 Å². The van der Waals surface area contributed by atoms with Crippen molar-refractivity contribution in [1.29, 1.82) is 0 Å². The molecular formula is C72H114N6O12. The minimum atomic E-state index is -3.23. The van der Waals surface area contributed by atoms with Crippen LogP contribution in [0.4, 0.5) is 0 Å². The van der Waals surface area contributed by atoms with Crippen LogP contribution in [0.3, 0.4) is 0 Å². The van der Waals surface area contributed by atoms with E-state index in [9.17, 15) is 18.5 Å². The lowest BCUT2D eigenvalue weighted by molar-refractivity contribution is -0.161. The van der Waals surface area contributed by atoms with Gasteiger partial charge in [-0.2, -0.15) is 0 Å². The van der Waals surface area contributed by atoms with Gasteiger partial charge in [-0.3, -0.25) is 29.1 Å². The van der Waals surface area contributed by atoms with Gasteiger partial charge in [0.25, 0.3) is 0 Å². The Bertz CT molecular complexity index is 4410. The molecule has 12 unspecified atom stereocenters. The zero-order chi connectivity index (χ0) is 100. The van der Waals surface area contributed by atoms with Crippen LogP contribution in [0.15, 0.2) is 36.4 Å². The summed E-state index contributed by atoms with van der Waals surface area (Å²) in [6.45, 7) is -8.66. The van der Waals surface area contributed by atoms with E-state index in [0.717, 1.165) is 47.6 Å². The first-order valence-electron chi connectivity index (χ1n) is 48.9. The summed E-state index contributed by atoms with van der Waals surface area (Å²) in [5, 5.41) is 0. The first-order valence-corrected chi connectivity index (χ1v) is 29.4. The second kappa shape index (κ2) is 32.5. The van der Waals surface area contributed by atoms with Crippen molar-refractivity contribution in [2.45, 2.75) is 195 Å². The number of rotatable bonds is 21. The maximum absolute atomic E-state index is 13.1. The van der Waals surface area contributed by atoms with E-state index in [0.29, 0.717) is 0 Å². The van der Waals surface area contributed by atoms with E-state index in [1.807, 2.05) is 0 Å². The second-order valence-electron chi connectivity index (χ2n) is 23.4. The summed E-state index contributed by atoms with van der Waals surface area (Å²) in [5.74, 6) is -19.9. The molecule has 0 aliphatic carbocycles. The van der Waals surface area contributed by atoms with Crippen molar-refractivity contribution < 1.29 is 110 Å². The molecule has 9 rings (SSSR count). The number of hydrogen-bond donors (Lipinski definition) is 3. The zero-order valence-electron chi connectivity index (χ0n) is 92.1. The predicted octanol–water partition coefficient (Wildman–Crippen LogP) is 10.7. The summed E-state index contributed by atoms with van der Waals surface area (Å²) in [6.07, 6.45) is -27.6. The van der Waals surface area contributed by atoms with E-state index in [1.54, 1.807) is 41.5 Å². The molecule has 90 heavy (non-hydrogen) atoms. The van der Waals surface area contributed by atoms with Gasteiger partial charge in [-0.1, -0.05) is 82.9 Å². The Kier molecular flexibility index (Phi) is 12.7. The minimum absolute atomic E-state index is 0.0177. The molecule has 15 atom stereocenters. The molecule has 0 radical (unpaired) electrons. The van der Waals surface area contributed by atoms with Crippen molar-refractivity contribution in [3.8, 4) is 34.5 Å². The van der Waals surface area contributed by atoms with Crippen LogP contribution in [0.2, 0.25) is 0 Å². The average molecular weight is 1290 g/mol. The largest absolute Gasteiger partial charge is 0.493 e. The maximum Gasteiger partial charge on any atom is 0.323 e. The molecule has 0 bridgehead atoms. The van der Waals surface area contributed by atoms with E-state index in [-0.39, 0.29) is 56.4 Å². The lowest BCUT2D eigenvalue weighted by Crippen LogP contribution is -2.51. The van der Waals surface area contributed by atoms with Crippen molar-refractivity contribution in [2.75, 3.05) is 81.6 Å². The molecule has 3 saturated heterocycles. The monoisotopic (exact) mass is 1290 g/mol. The lowest BCUT2D eigenvalue weighted by Gasteiger charge is -2.47. The standard InChI is InChI=1S/3C24H38N2O4/c3*1-14(2)9-17-13-26-8-7-16-10-21(28-5)22(29-6)11-18(16)19(26)12-20(17)30-24(27)23(25)15(3)4/h3*10-11,14-15,17,19-20,23H,7-9,12-13,25H2,1-6H3/t3*17?,19?,20?,23-/m000/s1/i2*1D3,5D3,7D2,8D2,9D2,14D,20D;1D3,7D2,8D2,9D2,14D,20D/t3*14?,17?,19?,20?,23-. The molecule has 6 N–H and O–H groups in total. The van der Waals surface area contributed by atoms with Gasteiger partial charge in [0.05, 0.1) is 54.9 Å². The van der Waals surface area contributed by atoms with Gasteiger partial charge < -0.3 is 59.8 Å². The minimum Gasteiger partial charge on any atom is -0.493 e. The first-order chi connectivity index (χ1) is 57.5. The molecule has 6 aliphatic heterocycles. The van der Waals surface area contributed by atoms with E-state index in [4.69, 9.17) is 109 Å². The van der Waals surface area contributed by atoms with Crippen molar-refractivity contribution in [3.05, 3.63) is 69.8 Å². The quantitative estimate of drug-likeness (QED) is 0.0666. The average Bonchev–Trinajstić information content (AvgIpc) is 0.698. The molecule has 0 saturated carbocycles. The highest BCUT2D eigenvalue weighted by Gasteiger charge is 2.45. The fourth-order valence-corrected chi connectivity index (χ4v) is 10.8. The van der Waals surface area contributed by atoms with E-state index >= 15 is 0 Å². The number of nitrogens with zero attached hydrogens (tertiary/aromatic N) is 3. The number of aryl methyl sites for hydroxylation is 3. The van der Waals surface area contributed by atoms with Crippen LogP contribution in [0.1, 0.15) is 226 Å². The second-order valence-corrected chi connectivity index (χ2v) is 23.4. The van der Waals surface area contributed by atoms with Crippen molar-refractivity contribution >= 4 is 17.9 Å². The van der Waals surface area contributed by atoms with Gasteiger partial charge in [0.15, 0.2) is 34.5 Å². The third-order valence-electron chi connectivity index (χ3n) is 16.0. The van der Waals surface area contributed by atoms with Gasteiger partial charge in [-0.15, -0.1) is 0 Å². The van der Waals surface area contributed by atoms with Gasteiger partial charge in [-0.25, -0.2) is 0 Å². The number of methoxy groups -OCH3 is 6. The number of ether oxygens (including phenoxy) is 9. The Hall–Kier alpha value is -5.37. The molecule has 3 fully saturated rings. The Morgan fingerprint density at radius 1 is 0.478 bits per heavy atom. The van der Waals surface area contributed by atoms with E-state index < -0.39 is 268 Å². The van der Waals surface area contributed by atoms with Crippen LogP contribution in [-0.4, -0.2) is 151 Å². The van der Waals surface area contributed by atoms with Crippen LogP contribution < -0.4 is 45.6 Å². The third-order valence-corrected chi connectivity index (χ3v) is 16.0. The van der Waals surface area contributed by atoms with Gasteiger partial charge >= 0.3 is 17.9 Å². The Balaban J connectivity index is 0.000000265. The number of esters is 3. The molecule has 18 heteroatoms. The fraction of sp³-hybridized carbons (Fsp3) is 0.708. The fourth-order valence-electron chi connectivity index (χ4n) is 10.8. The van der Waals surface area contributed by atoms with Crippen LogP contribution >= 0.6 is 0 Å². The normalized spacial score (nSPS) is 40.2. The molecule has 504 valence electrons. The third kappa shape index (κ3) is 17.5. The highest BCUT2D eigenvalue weighted by Crippen LogP contribution is 2.48. The number of nitrogens with two attached hydrogens (primary N) is 3. The van der Waals surface area contributed by atoms with Crippen LogP contribution in [-0.2, 0) is 47.7 Å². The Morgan fingerprint density at radius 3 is 0.967 bits per heavy atom. The summed E-state index contributed by atoms with van der Waals surface area (Å²) < 4.78 is 376. The van der Waals surface area contributed by atoms with Crippen molar-refractivity contribution in [3.63, 3.8) is 0 Å². The predicted molar refractivity (Wildman–Crippen MR) is 353 cm³/mol. The number of hydrogen-bond acceptors (Lipinski definition) is 18. The zero-order valence-corrected chi connectivity index (χ0v) is 53.1. The molecule has 3 aromatic rings. The molecule has 6 aliphatic rings. The smallest absolute Gasteiger partial charge is 0.323 e. The number of benzene rings is 3. The number of carbonyl (C=O) groups excluding carboxylic acids is 3. The highest BCUT2D eigenvalue weighted by atomic mass is 16.6. The summed E-state index contributed by atoms with van der Waals surface area (Å²) in [7, 11) is -0.848.